The molecule has 5 N–H and O–H groups in total. The molecule has 5 nitrogen and oxygen atoms in total. The number of nitrogens with two attached hydrogens (primary N) is 1. The Kier molecular flexibility index (Phi) is 6.06. The summed E-state index contributed by atoms with van der Waals surface area (Å²) in [5.74, 6) is 0.571. The van der Waals surface area contributed by atoms with E-state index in [0.717, 1.165) is 11.1 Å². The van der Waals surface area contributed by atoms with Gasteiger partial charge in [0.1, 0.15) is 11.5 Å². The molecule has 0 radical (unpaired) electrons. The van der Waals surface area contributed by atoms with E-state index in [1.165, 1.54) is 0 Å². The minimum atomic E-state index is -0.250. The quantitative estimate of drug-likeness (QED) is 0.640. The highest BCUT2D eigenvalue weighted by atomic mass is 16.3. The van der Waals surface area contributed by atoms with Crippen LogP contribution in [0.5, 0.6) is 11.5 Å². The maximum Gasteiger partial charge on any atom is 0.290 e. The minimum absolute atomic E-state index is 0.0798. The maximum atomic E-state index is 9.25. The van der Waals surface area contributed by atoms with Crippen molar-refractivity contribution in [1.29, 1.82) is 0 Å². The van der Waals surface area contributed by atoms with Crippen molar-refractivity contribution in [3.8, 4) is 11.5 Å². The van der Waals surface area contributed by atoms with Gasteiger partial charge in [-0.05, 0) is 35.4 Å². The van der Waals surface area contributed by atoms with E-state index in [-0.39, 0.29) is 23.9 Å². The van der Waals surface area contributed by atoms with Crippen LogP contribution in [0.4, 0.5) is 0 Å². The Morgan fingerprint density at radius 3 is 1.45 bits per heavy atom. The molecule has 0 bridgehead atoms. The summed E-state index contributed by atoms with van der Waals surface area (Å²) in [4.78, 5) is 8.36. The van der Waals surface area contributed by atoms with Gasteiger partial charge in [-0.1, -0.05) is 24.3 Å². The first-order valence-electron chi connectivity index (χ1n) is 5.98. The van der Waals surface area contributed by atoms with Crippen LogP contribution in [0.15, 0.2) is 48.5 Å². The normalized spacial score (nSPS) is 9.70. The van der Waals surface area contributed by atoms with Crippen LogP contribution < -0.4 is 5.73 Å². The summed E-state index contributed by atoms with van der Waals surface area (Å²) < 4.78 is 0. The van der Waals surface area contributed by atoms with Crippen LogP contribution in [0, 0.1) is 0 Å². The molecule has 2 rings (SSSR count). The molecule has 0 aliphatic heterocycles. The molecule has 0 atom stereocenters. The predicted molar refractivity (Wildman–Crippen MR) is 75.8 cm³/mol. The number of phenols is 2. The van der Waals surface area contributed by atoms with Gasteiger partial charge in [-0.2, -0.15) is 0 Å². The molecule has 0 spiro atoms. The van der Waals surface area contributed by atoms with Crippen LogP contribution in [-0.4, -0.2) is 28.3 Å². The van der Waals surface area contributed by atoms with Crippen molar-refractivity contribution in [3.63, 3.8) is 0 Å². The third-order valence-corrected chi connectivity index (χ3v) is 2.83. The number of carboxylic acid groups (broad SMARTS) is 1. The standard InChI is InChI=1S/C14H15NO2.CH2O2/c15-9-14(10-1-5-12(16)6-2-10)11-3-7-13(17)8-4-11;2-1-3/h1-8,14,16-17H,9,15H2;1H,(H,2,3). The Balaban J connectivity index is 0.000000612. The molecule has 2 aromatic carbocycles. The lowest BCUT2D eigenvalue weighted by molar-refractivity contribution is -0.122. The van der Waals surface area contributed by atoms with E-state index in [2.05, 4.69) is 0 Å². The number of hydrogen-bond donors (Lipinski definition) is 4. The molecule has 106 valence electrons. The summed E-state index contributed by atoms with van der Waals surface area (Å²) in [7, 11) is 0. The summed E-state index contributed by atoms with van der Waals surface area (Å²) in [5.41, 5.74) is 7.89. The van der Waals surface area contributed by atoms with E-state index >= 15 is 0 Å². The Morgan fingerprint density at radius 2 is 1.20 bits per heavy atom. The van der Waals surface area contributed by atoms with Gasteiger partial charge in [0.05, 0.1) is 0 Å². The molecule has 5 heteroatoms. The maximum absolute atomic E-state index is 9.25. The van der Waals surface area contributed by atoms with Gasteiger partial charge in [-0.15, -0.1) is 0 Å². The molecular weight excluding hydrogens is 258 g/mol. The van der Waals surface area contributed by atoms with Crippen molar-refractivity contribution in [3.05, 3.63) is 59.7 Å². The van der Waals surface area contributed by atoms with Gasteiger partial charge >= 0.3 is 0 Å². The number of hydrogen-bond acceptors (Lipinski definition) is 4. The second-order valence-corrected chi connectivity index (χ2v) is 4.08. The number of rotatable bonds is 3. The van der Waals surface area contributed by atoms with E-state index < -0.39 is 0 Å². The largest absolute Gasteiger partial charge is 0.508 e. The molecule has 0 unspecified atom stereocenters. The third kappa shape index (κ3) is 4.29. The molecular formula is C15H17NO4. The average molecular weight is 275 g/mol. The molecule has 0 aliphatic carbocycles. The van der Waals surface area contributed by atoms with Crippen molar-refractivity contribution >= 4 is 6.47 Å². The SMILES string of the molecule is NCC(c1ccc(O)cc1)c1ccc(O)cc1.O=CO. The van der Waals surface area contributed by atoms with Gasteiger partial charge in [-0.25, -0.2) is 0 Å². The van der Waals surface area contributed by atoms with Gasteiger partial charge < -0.3 is 21.1 Å². The number of phenolic OH excluding ortho intramolecular Hbond substituents is 2. The summed E-state index contributed by atoms with van der Waals surface area (Å²) in [6.45, 7) is 0.232. The highest BCUT2D eigenvalue weighted by Crippen LogP contribution is 2.26. The van der Waals surface area contributed by atoms with Gasteiger partial charge in [-0.3, -0.25) is 4.79 Å². The summed E-state index contributed by atoms with van der Waals surface area (Å²) in [5, 5.41) is 25.4. The minimum Gasteiger partial charge on any atom is -0.508 e. The Bertz CT molecular complexity index is 477. The predicted octanol–water partition coefficient (Wildman–Crippen LogP) is 1.89. The number of benzene rings is 2. The molecule has 0 heterocycles. The number of carbonyl (C=O) groups is 1. The van der Waals surface area contributed by atoms with E-state index in [1.807, 2.05) is 24.3 Å². The Morgan fingerprint density at radius 1 is 0.900 bits per heavy atom. The monoisotopic (exact) mass is 275 g/mol. The molecule has 0 aromatic heterocycles. The zero-order valence-corrected chi connectivity index (χ0v) is 10.8. The van der Waals surface area contributed by atoms with E-state index in [1.54, 1.807) is 24.3 Å². The molecule has 0 fully saturated rings. The van der Waals surface area contributed by atoms with Crippen molar-refractivity contribution in [2.75, 3.05) is 6.54 Å². The first-order chi connectivity index (χ1) is 9.62. The molecule has 2 aromatic rings. The van der Waals surface area contributed by atoms with Crippen molar-refractivity contribution in [2.45, 2.75) is 5.92 Å². The highest BCUT2D eigenvalue weighted by Gasteiger charge is 2.12. The van der Waals surface area contributed by atoms with Crippen molar-refractivity contribution in [1.82, 2.24) is 0 Å². The van der Waals surface area contributed by atoms with Crippen molar-refractivity contribution in [2.24, 2.45) is 5.73 Å². The van der Waals surface area contributed by atoms with E-state index in [9.17, 15) is 10.2 Å². The van der Waals surface area contributed by atoms with Gasteiger partial charge in [0, 0.05) is 12.5 Å². The Labute approximate surface area is 116 Å². The molecule has 20 heavy (non-hydrogen) atoms. The second kappa shape index (κ2) is 7.81. The molecule has 0 saturated carbocycles. The van der Waals surface area contributed by atoms with Gasteiger partial charge in [0.2, 0.25) is 0 Å². The fraction of sp³-hybridized carbons (Fsp3) is 0.133. The molecule has 0 aliphatic rings. The van der Waals surface area contributed by atoms with Crippen molar-refractivity contribution < 1.29 is 20.1 Å². The van der Waals surface area contributed by atoms with Crippen LogP contribution in [0.25, 0.3) is 0 Å². The average Bonchev–Trinajstić information content (AvgIpc) is 2.44. The molecule has 0 amide bonds. The summed E-state index contributed by atoms with van der Waals surface area (Å²) in [6, 6.07) is 14.0. The van der Waals surface area contributed by atoms with Gasteiger partial charge in [0.25, 0.3) is 6.47 Å². The van der Waals surface area contributed by atoms with Crippen LogP contribution in [0.1, 0.15) is 17.0 Å². The van der Waals surface area contributed by atoms with Crippen LogP contribution in [0.2, 0.25) is 0 Å². The zero-order chi connectivity index (χ0) is 15.0. The third-order valence-electron chi connectivity index (χ3n) is 2.83. The van der Waals surface area contributed by atoms with Crippen LogP contribution in [0.3, 0.4) is 0 Å². The fourth-order valence-corrected chi connectivity index (χ4v) is 1.88. The summed E-state index contributed by atoms with van der Waals surface area (Å²) in [6.07, 6.45) is 0. The first-order valence-corrected chi connectivity index (χ1v) is 5.98. The van der Waals surface area contributed by atoms with Crippen LogP contribution in [-0.2, 0) is 4.79 Å². The summed E-state index contributed by atoms with van der Waals surface area (Å²) >= 11 is 0. The molecule has 0 saturated heterocycles. The lowest BCUT2D eigenvalue weighted by atomic mass is 9.91. The second-order valence-electron chi connectivity index (χ2n) is 4.08. The van der Waals surface area contributed by atoms with Gasteiger partial charge in [0.15, 0.2) is 0 Å². The number of aromatic hydroxyl groups is 2. The van der Waals surface area contributed by atoms with E-state index in [0.29, 0.717) is 6.54 Å². The van der Waals surface area contributed by atoms with Crippen LogP contribution >= 0.6 is 0 Å². The smallest absolute Gasteiger partial charge is 0.290 e. The lowest BCUT2D eigenvalue weighted by Gasteiger charge is -2.15. The zero-order valence-electron chi connectivity index (χ0n) is 10.8. The first kappa shape index (κ1) is 15.5. The lowest BCUT2D eigenvalue weighted by Crippen LogP contribution is -2.13. The van der Waals surface area contributed by atoms with E-state index in [4.69, 9.17) is 15.6 Å². The Hall–Kier alpha value is -2.53. The fourth-order valence-electron chi connectivity index (χ4n) is 1.88. The highest BCUT2D eigenvalue weighted by molar-refractivity contribution is 5.37. The topological polar surface area (TPSA) is 104 Å².